The molecule has 2 heterocycles. The van der Waals surface area contributed by atoms with Gasteiger partial charge in [-0.1, -0.05) is 66.7 Å². The molecule has 1 aromatic heterocycles. The molecule has 0 amide bonds. The molecule has 0 spiro atoms. The van der Waals surface area contributed by atoms with Gasteiger partial charge in [0.2, 0.25) is 0 Å². The van der Waals surface area contributed by atoms with Crippen molar-refractivity contribution >= 4 is 22.4 Å². The van der Waals surface area contributed by atoms with Crippen molar-refractivity contribution in [2.75, 3.05) is 41.3 Å². The maximum absolute atomic E-state index is 5.07. The molecule has 5 aromatic rings. The van der Waals surface area contributed by atoms with E-state index in [1.165, 1.54) is 59.1 Å². The summed E-state index contributed by atoms with van der Waals surface area (Å²) < 4.78 is 0. The highest BCUT2D eigenvalue weighted by atomic mass is 15.0. The fraction of sp³-hybridized carbons (Fsp3) is 0.333. The summed E-state index contributed by atoms with van der Waals surface area (Å²) in [7, 11) is 8.55. The van der Waals surface area contributed by atoms with E-state index in [9.17, 15) is 0 Å². The SMILES string of the molecule is CN(C)CCCCc1ccc(C2=Nc3cc(-c4ccc5nc(-c6ccc(CCCCN(C)C)cc6)[nH]c5c4)ccc3C2)cc1. The number of benzene rings is 4. The molecule has 0 saturated heterocycles. The van der Waals surface area contributed by atoms with Crippen molar-refractivity contribution in [2.24, 2.45) is 4.99 Å². The van der Waals surface area contributed by atoms with E-state index >= 15 is 0 Å². The van der Waals surface area contributed by atoms with Crippen LogP contribution < -0.4 is 0 Å². The Morgan fingerprint density at radius 1 is 0.614 bits per heavy atom. The van der Waals surface area contributed by atoms with E-state index in [4.69, 9.17) is 9.98 Å². The Kier molecular flexibility index (Phi) is 9.34. The maximum atomic E-state index is 5.07. The molecule has 1 aliphatic rings. The molecule has 0 atom stereocenters. The second kappa shape index (κ2) is 13.7. The standard InChI is InChI=1S/C39H45N5/c1-43(2)23-7-5-9-28-11-15-30(16-12-28)36-27-34-20-19-32(25-37(34)40-36)33-21-22-35-38(26-33)42-39(41-35)31-17-13-29(14-18-31)10-6-8-24-44(3)4/h11-22,25-26H,5-10,23-24,27H2,1-4H3,(H,41,42). The number of hydrogen-bond donors (Lipinski definition) is 1. The number of nitrogens with one attached hydrogen (secondary N) is 1. The Labute approximate surface area is 262 Å². The highest BCUT2D eigenvalue weighted by molar-refractivity contribution is 6.06. The molecule has 4 aromatic carbocycles. The summed E-state index contributed by atoms with van der Waals surface area (Å²) in [6.45, 7) is 2.30. The van der Waals surface area contributed by atoms with Gasteiger partial charge in [-0.3, -0.25) is 4.99 Å². The lowest BCUT2D eigenvalue weighted by atomic mass is 9.99. The van der Waals surface area contributed by atoms with Crippen LogP contribution in [-0.4, -0.2) is 66.8 Å². The number of rotatable bonds is 13. The van der Waals surface area contributed by atoms with Crippen LogP contribution in [0.2, 0.25) is 0 Å². The van der Waals surface area contributed by atoms with E-state index < -0.39 is 0 Å². The van der Waals surface area contributed by atoms with Crippen LogP contribution in [0.1, 0.15) is 47.9 Å². The highest BCUT2D eigenvalue weighted by Crippen LogP contribution is 2.34. The first-order valence-corrected chi connectivity index (χ1v) is 16.1. The van der Waals surface area contributed by atoms with Crippen molar-refractivity contribution in [3.63, 3.8) is 0 Å². The first kappa shape index (κ1) is 30.0. The molecule has 0 bridgehead atoms. The predicted molar refractivity (Wildman–Crippen MR) is 186 cm³/mol. The molecule has 6 rings (SSSR count). The van der Waals surface area contributed by atoms with E-state index in [1.54, 1.807) is 0 Å². The first-order chi connectivity index (χ1) is 21.4. The normalized spacial score (nSPS) is 12.8. The van der Waals surface area contributed by atoms with E-state index in [0.29, 0.717) is 0 Å². The lowest BCUT2D eigenvalue weighted by molar-refractivity contribution is 0.394. The highest BCUT2D eigenvalue weighted by Gasteiger charge is 2.17. The molecule has 0 aliphatic carbocycles. The lowest BCUT2D eigenvalue weighted by Crippen LogP contribution is -2.12. The topological polar surface area (TPSA) is 47.5 Å². The van der Waals surface area contributed by atoms with E-state index in [2.05, 4.69) is 128 Å². The van der Waals surface area contributed by atoms with Crippen molar-refractivity contribution in [1.29, 1.82) is 0 Å². The number of fused-ring (bicyclic) bond motifs is 2. The summed E-state index contributed by atoms with van der Waals surface area (Å²) in [5.41, 5.74) is 13.1. The van der Waals surface area contributed by atoms with E-state index in [0.717, 1.165) is 66.2 Å². The summed E-state index contributed by atoms with van der Waals surface area (Å²) in [6, 6.07) is 31.1. The molecule has 0 radical (unpaired) electrons. The molecular weight excluding hydrogens is 538 g/mol. The van der Waals surface area contributed by atoms with Gasteiger partial charge >= 0.3 is 0 Å². The van der Waals surface area contributed by atoms with Crippen LogP contribution in [0.15, 0.2) is 89.9 Å². The predicted octanol–water partition coefficient (Wildman–Crippen LogP) is 8.34. The summed E-state index contributed by atoms with van der Waals surface area (Å²) in [4.78, 5) is 18.0. The lowest BCUT2D eigenvalue weighted by Gasteiger charge is -2.09. The zero-order valence-corrected chi connectivity index (χ0v) is 26.7. The van der Waals surface area contributed by atoms with E-state index in [1.807, 2.05) is 0 Å². The minimum absolute atomic E-state index is 0.885. The van der Waals surface area contributed by atoms with Crippen molar-refractivity contribution in [2.45, 2.75) is 44.9 Å². The van der Waals surface area contributed by atoms with Gasteiger partial charge < -0.3 is 14.8 Å². The quantitative estimate of drug-likeness (QED) is 0.142. The third-order valence-electron chi connectivity index (χ3n) is 8.67. The third kappa shape index (κ3) is 7.35. The van der Waals surface area contributed by atoms with Crippen LogP contribution in [0.5, 0.6) is 0 Å². The first-order valence-electron chi connectivity index (χ1n) is 16.1. The van der Waals surface area contributed by atoms with Gasteiger partial charge in [-0.05, 0) is 131 Å². The molecule has 5 heteroatoms. The van der Waals surface area contributed by atoms with Crippen LogP contribution in [0.25, 0.3) is 33.5 Å². The van der Waals surface area contributed by atoms with Gasteiger partial charge in [0, 0.05) is 12.0 Å². The molecule has 0 fully saturated rings. The van der Waals surface area contributed by atoms with Gasteiger partial charge in [0.1, 0.15) is 5.82 Å². The maximum Gasteiger partial charge on any atom is 0.138 e. The smallest absolute Gasteiger partial charge is 0.138 e. The fourth-order valence-electron chi connectivity index (χ4n) is 6.06. The zero-order chi connectivity index (χ0) is 30.5. The van der Waals surface area contributed by atoms with Crippen LogP contribution in [0, 0.1) is 0 Å². The molecule has 1 N–H and O–H groups in total. The number of aliphatic imine (C=N–C) groups is 1. The number of aryl methyl sites for hydroxylation is 2. The average Bonchev–Trinajstić information content (AvgIpc) is 3.66. The summed E-state index contributed by atoms with van der Waals surface area (Å²) in [5.74, 6) is 0.916. The molecule has 0 unspecified atom stereocenters. The number of H-pyrrole nitrogens is 1. The molecule has 226 valence electrons. The molecule has 44 heavy (non-hydrogen) atoms. The number of nitrogens with zero attached hydrogens (tertiary/aromatic N) is 4. The van der Waals surface area contributed by atoms with Gasteiger partial charge in [0.15, 0.2) is 0 Å². The molecule has 5 nitrogen and oxygen atoms in total. The Hall–Kier alpha value is -4.06. The molecule has 1 aliphatic heterocycles. The van der Waals surface area contributed by atoms with Gasteiger partial charge in [-0.25, -0.2) is 4.98 Å². The largest absolute Gasteiger partial charge is 0.338 e. The minimum Gasteiger partial charge on any atom is -0.338 e. The van der Waals surface area contributed by atoms with Gasteiger partial charge in [-0.2, -0.15) is 0 Å². The molecule has 0 saturated carbocycles. The van der Waals surface area contributed by atoms with Crippen molar-refractivity contribution < 1.29 is 0 Å². The summed E-state index contributed by atoms with van der Waals surface area (Å²) in [6.07, 6.45) is 8.04. The van der Waals surface area contributed by atoms with Gasteiger partial charge in [0.25, 0.3) is 0 Å². The second-order valence-corrected chi connectivity index (χ2v) is 12.8. The summed E-state index contributed by atoms with van der Waals surface area (Å²) >= 11 is 0. The third-order valence-corrected chi connectivity index (χ3v) is 8.67. The van der Waals surface area contributed by atoms with Crippen molar-refractivity contribution in [3.05, 3.63) is 107 Å². The molecular formula is C39H45N5. The Morgan fingerprint density at radius 3 is 1.82 bits per heavy atom. The van der Waals surface area contributed by atoms with Crippen LogP contribution in [-0.2, 0) is 19.3 Å². The Morgan fingerprint density at radius 2 is 1.18 bits per heavy atom. The number of aromatic amines is 1. The minimum atomic E-state index is 0.885. The number of aromatic nitrogens is 2. The van der Waals surface area contributed by atoms with E-state index in [-0.39, 0.29) is 0 Å². The monoisotopic (exact) mass is 583 g/mol. The van der Waals surface area contributed by atoms with Crippen LogP contribution in [0.3, 0.4) is 0 Å². The average molecular weight is 584 g/mol. The van der Waals surface area contributed by atoms with Crippen molar-refractivity contribution in [1.82, 2.24) is 19.8 Å². The fourth-order valence-corrected chi connectivity index (χ4v) is 6.06. The van der Waals surface area contributed by atoms with Crippen molar-refractivity contribution in [3.8, 4) is 22.5 Å². The summed E-state index contributed by atoms with van der Waals surface area (Å²) in [5, 5.41) is 0. The van der Waals surface area contributed by atoms with Crippen LogP contribution >= 0.6 is 0 Å². The Balaban J connectivity index is 1.12. The zero-order valence-electron chi connectivity index (χ0n) is 26.7. The second-order valence-electron chi connectivity index (χ2n) is 12.8. The Bertz CT molecular complexity index is 1730. The number of imidazole rings is 1. The van der Waals surface area contributed by atoms with Gasteiger partial charge in [-0.15, -0.1) is 0 Å². The number of unbranched alkanes of at least 4 members (excludes halogenated alkanes) is 2. The van der Waals surface area contributed by atoms with Crippen LogP contribution in [0.4, 0.5) is 5.69 Å². The number of hydrogen-bond acceptors (Lipinski definition) is 4. The van der Waals surface area contributed by atoms with Gasteiger partial charge in [0.05, 0.1) is 22.4 Å².